The molecule has 2 aromatic rings. The molecule has 1 unspecified atom stereocenters. The minimum atomic E-state index is -0.936. The lowest BCUT2D eigenvalue weighted by atomic mass is 10.0. The molecule has 0 radical (unpaired) electrons. The van der Waals surface area contributed by atoms with Crippen molar-refractivity contribution in [3.05, 3.63) is 35.0 Å². The van der Waals surface area contributed by atoms with E-state index >= 15 is 0 Å². The predicted molar refractivity (Wildman–Crippen MR) is 77.9 cm³/mol. The largest absolute Gasteiger partial charge is 0.478 e. The Labute approximate surface area is 117 Å². The summed E-state index contributed by atoms with van der Waals surface area (Å²) < 4.78 is 1.97. The summed E-state index contributed by atoms with van der Waals surface area (Å²) in [6.07, 6.45) is 2.10. The lowest BCUT2D eigenvalue weighted by molar-refractivity contribution is 0.0696. The molecule has 0 spiro atoms. The van der Waals surface area contributed by atoms with Crippen LogP contribution in [0.1, 0.15) is 40.9 Å². The average Bonchev–Trinajstić information content (AvgIpc) is 2.73. The number of hydrogen-bond acceptors (Lipinski definition) is 3. The van der Waals surface area contributed by atoms with Crippen molar-refractivity contribution in [2.24, 2.45) is 5.73 Å². The van der Waals surface area contributed by atoms with Crippen molar-refractivity contribution in [1.82, 2.24) is 4.57 Å². The van der Waals surface area contributed by atoms with Crippen LogP contribution >= 0.6 is 0 Å². The van der Waals surface area contributed by atoms with Crippen LogP contribution in [-0.4, -0.2) is 27.3 Å². The van der Waals surface area contributed by atoms with Gasteiger partial charge in [-0.3, -0.25) is 0 Å². The normalized spacial score (nSPS) is 12.8. The lowest BCUT2D eigenvalue weighted by Crippen LogP contribution is -2.05. The minimum Gasteiger partial charge on any atom is -0.478 e. The van der Waals surface area contributed by atoms with Gasteiger partial charge in [0.25, 0.3) is 0 Å². The zero-order chi connectivity index (χ0) is 14.9. The Hall–Kier alpha value is -1.85. The Morgan fingerprint density at radius 2 is 2.15 bits per heavy atom. The van der Waals surface area contributed by atoms with E-state index in [1.807, 2.05) is 16.8 Å². The summed E-state index contributed by atoms with van der Waals surface area (Å²) in [7, 11) is 0. The van der Waals surface area contributed by atoms with E-state index in [1.54, 1.807) is 19.9 Å². The molecule has 5 heteroatoms. The van der Waals surface area contributed by atoms with Crippen molar-refractivity contribution in [2.45, 2.75) is 32.9 Å². The Morgan fingerprint density at radius 1 is 1.45 bits per heavy atom. The molecule has 1 atom stereocenters. The summed E-state index contributed by atoms with van der Waals surface area (Å²) in [6, 6.07) is 3.51. The van der Waals surface area contributed by atoms with E-state index in [4.69, 9.17) is 5.73 Å². The van der Waals surface area contributed by atoms with Crippen molar-refractivity contribution in [1.29, 1.82) is 0 Å². The summed E-state index contributed by atoms with van der Waals surface area (Å²) in [5.41, 5.74) is 8.17. The van der Waals surface area contributed by atoms with Gasteiger partial charge in [-0.15, -0.1) is 0 Å². The van der Waals surface area contributed by atoms with Crippen molar-refractivity contribution in [3.63, 3.8) is 0 Å². The minimum absolute atomic E-state index is 0.293. The fraction of sp³-hybridized carbons (Fsp3) is 0.400. The predicted octanol–water partition coefficient (Wildman–Crippen LogP) is 2.05. The van der Waals surface area contributed by atoms with Crippen molar-refractivity contribution >= 4 is 16.9 Å². The second-order valence-corrected chi connectivity index (χ2v) is 5.09. The molecule has 0 aliphatic heterocycles. The molecular weight excluding hydrogens is 256 g/mol. The molecule has 0 saturated heterocycles. The molecule has 5 nitrogen and oxygen atoms in total. The molecule has 0 bridgehead atoms. The molecule has 1 heterocycles. The number of carboxylic acids is 1. The molecular formula is C15H20N2O3. The highest BCUT2D eigenvalue weighted by Crippen LogP contribution is 2.29. The van der Waals surface area contributed by atoms with Crippen molar-refractivity contribution < 1.29 is 15.0 Å². The smallest absolute Gasteiger partial charge is 0.336 e. The Morgan fingerprint density at radius 3 is 2.70 bits per heavy atom. The zero-order valence-corrected chi connectivity index (χ0v) is 11.8. The monoisotopic (exact) mass is 276 g/mol. The van der Waals surface area contributed by atoms with Gasteiger partial charge in [0.1, 0.15) is 0 Å². The number of fused-ring (bicyclic) bond motifs is 1. The maximum Gasteiger partial charge on any atom is 0.336 e. The standard InChI is InChI=1S/C15H20N2O3/c1-9-6-12-13(10(2)18)8-17(5-3-4-16)14(12)7-11(9)15(19)20/h6-8,10,18H,3-5,16H2,1-2H3,(H,19,20). The van der Waals surface area contributed by atoms with E-state index < -0.39 is 12.1 Å². The van der Waals surface area contributed by atoms with Crippen molar-refractivity contribution in [3.8, 4) is 0 Å². The van der Waals surface area contributed by atoms with E-state index in [2.05, 4.69) is 0 Å². The molecule has 1 aromatic carbocycles. The Balaban J connectivity index is 2.67. The summed E-state index contributed by atoms with van der Waals surface area (Å²) in [4.78, 5) is 11.3. The van der Waals surface area contributed by atoms with E-state index in [9.17, 15) is 15.0 Å². The number of carboxylic acid groups (broad SMARTS) is 1. The third-order valence-electron chi connectivity index (χ3n) is 3.54. The average molecular weight is 276 g/mol. The number of nitrogens with zero attached hydrogens (tertiary/aromatic N) is 1. The van der Waals surface area contributed by atoms with Gasteiger partial charge in [0.2, 0.25) is 0 Å². The number of carbonyl (C=O) groups is 1. The summed E-state index contributed by atoms with van der Waals surface area (Å²) in [5, 5.41) is 20.0. The highest BCUT2D eigenvalue weighted by Gasteiger charge is 2.16. The Kier molecular flexibility index (Phi) is 4.11. The highest BCUT2D eigenvalue weighted by molar-refractivity contribution is 5.96. The molecule has 4 N–H and O–H groups in total. The van der Waals surface area contributed by atoms with Crippen LogP contribution in [0.15, 0.2) is 18.3 Å². The van der Waals surface area contributed by atoms with Crippen LogP contribution in [0.2, 0.25) is 0 Å². The van der Waals surface area contributed by atoms with Gasteiger partial charge in [-0.25, -0.2) is 4.79 Å². The van der Waals surface area contributed by atoms with Crippen LogP contribution in [0.4, 0.5) is 0 Å². The Bertz CT molecular complexity index is 644. The number of aryl methyl sites for hydroxylation is 2. The first-order valence-corrected chi connectivity index (χ1v) is 6.70. The molecule has 0 fully saturated rings. The zero-order valence-electron chi connectivity index (χ0n) is 11.8. The second-order valence-electron chi connectivity index (χ2n) is 5.09. The van der Waals surface area contributed by atoms with Crippen LogP contribution in [0, 0.1) is 6.92 Å². The summed E-state index contributed by atoms with van der Waals surface area (Å²) in [6.45, 7) is 4.76. The van der Waals surface area contributed by atoms with Crippen LogP contribution < -0.4 is 5.73 Å². The third kappa shape index (κ3) is 2.55. The van der Waals surface area contributed by atoms with Gasteiger partial charge in [0, 0.05) is 29.2 Å². The van der Waals surface area contributed by atoms with Gasteiger partial charge in [0.05, 0.1) is 11.7 Å². The molecule has 0 aliphatic carbocycles. The van der Waals surface area contributed by atoms with E-state index in [-0.39, 0.29) is 0 Å². The first-order chi connectivity index (χ1) is 9.45. The van der Waals surface area contributed by atoms with E-state index in [0.717, 1.165) is 22.9 Å². The fourth-order valence-electron chi connectivity index (χ4n) is 2.48. The summed E-state index contributed by atoms with van der Waals surface area (Å²) in [5.74, 6) is -0.936. The van der Waals surface area contributed by atoms with Crippen molar-refractivity contribution in [2.75, 3.05) is 6.54 Å². The van der Waals surface area contributed by atoms with Gasteiger partial charge < -0.3 is 20.5 Å². The summed E-state index contributed by atoms with van der Waals surface area (Å²) >= 11 is 0. The molecule has 0 aliphatic rings. The molecule has 0 amide bonds. The highest BCUT2D eigenvalue weighted by atomic mass is 16.4. The van der Waals surface area contributed by atoms with Gasteiger partial charge >= 0.3 is 5.97 Å². The number of nitrogens with two attached hydrogens (primary N) is 1. The van der Waals surface area contributed by atoms with Gasteiger partial charge in [-0.2, -0.15) is 0 Å². The number of benzene rings is 1. The van der Waals surface area contributed by atoms with Gasteiger partial charge in [-0.1, -0.05) is 0 Å². The third-order valence-corrected chi connectivity index (χ3v) is 3.54. The SMILES string of the molecule is Cc1cc2c(C(C)O)cn(CCCN)c2cc1C(=O)O. The van der Waals surface area contributed by atoms with Crippen LogP contribution in [-0.2, 0) is 6.54 Å². The van der Waals surface area contributed by atoms with Crippen LogP contribution in [0.5, 0.6) is 0 Å². The molecule has 0 saturated carbocycles. The number of aromatic nitrogens is 1. The van der Waals surface area contributed by atoms with Gasteiger partial charge in [0.15, 0.2) is 0 Å². The quantitative estimate of drug-likeness (QED) is 0.779. The number of aliphatic hydroxyl groups is 1. The molecule has 20 heavy (non-hydrogen) atoms. The number of rotatable bonds is 5. The van der Waals surface area contributed by atoms with E-state index in [1.165, 1.54) is 0 Å². The number of aliphatic hydroxyl groups excluding tert-OH is 1. The molecule has 108 valence electrons. The molecule has 1 aromatic heterocycles. The van der Waals surface area contributed by atoms with Crippen LogP contribution in [0.3, 0.4) is 0 Å². The maximum atomic E-state index is 11.3. The molecule has 2 rings (SSSR count). The number of aromatic carboxylic acids is 1. The fourth-order valence-corrected chi connectivity index (χ4v) is 2.48. The van der Waals surface area contributed by atoms with Crippen LogP contribution in [0.25, 0.3) is 10.9 Å². The first kappa shape index (κ1) is 14.6. The number of hydrogen-bond donors (Lipinski definition) is 3. The second kappa shape index (κ2) is 5.64. The lowest BCUT2D eigenvalue weighted by Gasteiger charge is -2.07. The maximum absolute atomic E-state index is 11.3. The van der Waals surface area contributed by atoms with E-state index in [0.29, 0.717) is 24.2 Å². The topological polar surface area (TPSA) is 88.5 Å². The van der Waals surface area contributed by atoms with Gasteiger partial charge in [-0.05, 0) is 44.5 Å². The first-order valence-electron chi connectivity index (χ1n) is 6.70.